The average Bonchev–Trinajstić information content (AvgIpc) is 3.53. The number of nitrogens with zero attached hydrogens (tertiary/aromatic N) is 2. The van der Waals surface area contributed by atoms with Crippen molar-refractivity contribution in [3.63, 3.8) is 0 Å². The molecule has 1 aliphatic carbocycles. The van der Waals surface area contributed by atoms with E-state index in [2.05, 4.69) is 57.4 Å². The summed E-state index contributed by atoms with van der Waals surface area (Å²) in [5.74, 6) is 0. The first-order valence-electron chi connectivity index (χ1n) is 13.5. The Hall–Kier alpha value is -2.81. The minimum absolute atomic E-state index is 0.0524. The van der Waals surface area contributed by atoms with Crippen LogP contribution < -0.4 is 16.3 Å². The molecule has 196 valence electrons. The Labute approximate surface area is 220 Å². The van der Waals surface area contributed by atoms with Gasteiger partial charge in [-0.1, -0.05) is 37.1 Å². The molecule has 37 heavy (non-hydrogen) atoms. The zero-order valence-corrected chi connectivity index (χ0v) is 22.6. The van der Waals surface area contributed by atoms with Crippen LogP contribution in [0.1, 0.15) is 68.2 Å². The lowest BCUT2D eigenvalue weighted by molar-refractivity contribution is 0.219. The maximum Gasteiger partial charge on any atom is 0.175 e. The van der Waals surface area contributed by atoms with E-state index in [1.54, 1.807) is 12.1 Å². The number of rotatable bonds is 5. The third kappa shape index (κ3) is 4.90. The number of anilines is 1. The van der Waals surface area contributed by atoms with Crippen molar-refractivity contribution < 1.29 is 8.42 Å². The fraction of sp³-hybridized carbons (Fsp3) is 0.448. The first kappa shape index (κ1) is 24.5. The number of hydrogen-bond donors (Lipinski definition) is 3. The molecule has 3 heterocycles. The topological polar surface area (TPSA) is 76.7 Å². The fourth-order valence-corrected chi connectivity index (χ4v) is 7.05. The predicted molar refractivity (Wildman–Crippen MR) is 149 cm³/mol. The van der Waals surface area contributed by atoms with E-state index in [1.807, 2.05) is 12.1 Å². The first-order valence-corrected chi connectivity index (χ1v) is 15.4. The molecule has 8 heteroatoms. The van der Waals surface area contributed by atoms with Crippen LogP contribution in [0.5, 0.6) is 0 Å². The van der Waals surface area contributed by atoms with Crippen LogP contribution in [0.2, 0.25) is 0 Å². The highest BCUT2D eigenvalue weighted by Crippen LogP contribution is 2.39. The molecule has 0 spiro atoms. The maximum atomic E-state index is 12.2. The van der Waals surface area contributed by atoms with Crippen molar-refractivity contribution in [2.45, 2.75) is 62.4 Å². The molecule has 6 rings (SSSR count). The zero-order chi connectivity index (χ0) is 25.6. The smallest absolute Gasteiger partial charge is 0.175 e. The molecule has 2 aromatic carbocycles. The van der Waals surface area contributed by atoms with Gasteiger partial charge in [0.25, 0.3) is 0 Å². The largest absolute Gasteiger partial charge is 0.378 e. The summed E-state index contributed by atoms with van der Waals surface area (Å²) >= 11 is 0. The highest BCUT2D eigenvalue weighted by atomic mass is 32.2. The third-order valence-corrected chi connectivity index (χ3v) is 9.49. The quantitative estimate of drug-likeness (QED) is 0.529. The number of nitrogens with one attached hydrogen (secondary N) is 3. The van der Waals surface area contributed by atoms with E-state index in [0.717, 1.165) is 49.9 Å². The second-order valence-corrected chi connectivity index (χ2v) is 12.9. The monoisotopic (exact) mass is 519 g/mol. The molecular weight excluding hydrogens is 482 g/mol. The number of fused-ring (bicyclic) bond motifs is 3. The molecule has 1 saturated carbocycles. The van der Waals surface area contributed by atoms with Gasteiger partial charge in [-0.05, 0) is 73.6 Å². The first-order chi connectivity index (χ1) is 17.9. The number of allylic oxidation sites excluding steroid dienone is 1. The van der Waals surface area contributed by atoms with Crippen molar-refractivity contribution in [2.75, 3.05) is 31.2 Å². The van der Waals surface area contributed by atoms with E-state index in [0.29, 0.717) is 4.90 Å². The van der Waals surface area contributed by atoms with E-state index < -0.39 is 9.84 Å². The maximum absolute atomic E-state index is 12.2. The van der Waals surface area contributed by atoms with E-state index in [4.69, 9.17) is 0 Å². The van der Waals surface area contributed by atoms with Gasteiger partial charge in [0.2, 0.25) is 0 Å². The van der Waals surface area contributed by atoms with Crippen molar-refractivity contribution in [3.05, 3.63) is 70.9 Å². The Morgan fingerprint density at radius 2 is 1.86 bits per heavy atom. The molecule has 0 saturated heterocycles. The lowest BCUT2D eigenvalue weighted by Gasteiger charge is -2.32. The predicted octanol–water partition coefficient (Wildman–Crippen LogP) is 4.69. The Morgan fingerprint density at radius 1 is 1.03 bits per heavy atom. The molecule has 1 atom stereocenters. The van der Waals surface area contributed by atoms with Crippen molar-refractivity contribution in [2.24, 2.45) is 0 Å². The SMILES string of the molecule is CC1=C2c3ccc(C4=CCN(C5CCCC5)CC4)cc3C(Nc3cccc(S(C)(=O)=O)c3)CCN2NN1. The molecule has 1 unspecified atom stereocenters. The molecular formula is C29H37N5O2S. The van der Waals surface area contributed by atoms with Crippen LogP contribution in [0.15, 0.2) is 59.1 Å². The summed E-state index contributed by atoms with van der Waals surface area (Å²) in [5.41, 5.74) is 14.9. The van der Waals surface area contributed by atoms with Crippen LogP contribution in [0.3, 0.4) is 0 Å². The lowest BCUT2D eigenvalue weighted by atomic mass is 9.90. The molecule has 4 aliphatic rings. The standard InChI is InChI=1S/C29H37N5O2S/c1-20-29-26-11-10-22(21-12-15-33(16-13-21)24-7-3-4-8-24)18-27(26)28(14-17-34(29)32-31-20)30-23-6-5-9-25(19-23)37(2,35)36/h5-6,9-12,18-19,24,28,30-32H,3-4,7-8,13-17H2,1-2H3. The Balaban J connectivity index is 1.34. The van der Waals surface area contributed by atoms with Gasteiger partial charge in [-0.2, -0.15) is 0 Å². The fourth-order valence-electron chi connectivity index (χ4n) is 6.38. The Bertz CT molecular complexity index is 1360. The van der Waals surface area contributed by atoms with Crippen LogP contribution in [-0.2, 0) is 9.84 Å². The number of hydrogen-bond acceptors (Lipinski definition) is 7. The van der Waals surface area contributed by atoms with Crippen LogP contribution in [0.25, 0.3) is 11.3 Å². The zero-order valence-electron chi connectivity index (χ0n) is 21.8. The van der Waals surface area contributed by atoms with Crippen molar-refractivity contribution in [3.8, 4) is 0 Å². The van der Waals surface area contributed by atoms with E-state index >= 15 is 0 Å². The second-order valence-electron chi connectivity index (χ2n) is 10.9. The average molecular weight is 520 g/mol. The third-order valence-electron chi connectivity index (χ3n) is 8.38. The Kier molecular flexibility index (Phi) is 6.51. The minimum Gasteiger partial charge on any atom is -0.378 e. The summed E-state index contributed by atoms with van der Waals surface area (Å²) in [5, 5.41) is 5.86. The molecule has 2 aromatic rings. The van der Waals surface area contributed by atoms with Crippen molar-refractivity contribution in [1.82, 2.24) is 20.9 Å². The molecule has 3 aliphatic heterocycles. The van der Waals surface area contributed by atoms with Gasteiger partial charge in [-0.25, -0.2) is 8.42 Å². The number of hydrazine groups is 2. The number of benzene rings is 2. The van der Waals surface area contributed by atoms with Crippen LogP contribution in [-0.4, -0.2) is 50.3 Å². The highest BCUT2D eigenvalue weighted by molar-refractivity contribution is 7.90. The van der Waals surface area contributed by atoms with Crippen LogP contribution in [0, 0.1) is 0 Å². The summed E-state index contributed by atoms with van der Waals surface area (Å²) in [7, 11) is -3.27. The van der Waals surface area contributed by atoms with E-state index in [9.17, 15) is 8.42 Å². The van der Waals surface area contributed by atoms with Gasteiger partial charge < -0.3 is 10.7 Å². The summed E-state index contributed by atoms with van der Waals surface area (Å²) in [6.45, 7) is 5.11. The summed E-state index contributed by atoms with van der Waals surface area (Å²) in [6.07, 6.45) is 11.1. The van der Waals surface area contributed by atoms with E-state index in [-0.39, 0.29) is 6.04 Å². The van der Waals surface area contributed by atoms with Crippen molar-refractivity contribution >= 4 is 26.8 Å². The number of sulfone groups is 1. The van der Waals surface area contributed by atoms with Gasteiger partial charge in [0.1, 0.15) is 0 Å². The molecule has 0 amide bonds. The molecule has 0 bridgehead atoms. The molecule has 1 fully saturated rings. The van der Waals surface area contributed by atoms with Gasteiger partial charge in [0, 0.05) is 43.2 Å². The molecule has 3 N–H and O–H groups in total. The van der Waals surface area contributed by atoms with Gasteiger partial charge in [-0.3, -0.25) is 9.91 Å². The normalized spacial score (nSPS) is 22.8. The van der Waals surface area contributed by atoms with Gasteiger partial charge in [0.15, 0.2) is 9.84 Å². The highest BCUT2D eigenvalue weighted by Gasteiger charge is 2.31. The summed E-state index contributed by atoms with van der Waals surface area (Å²) in [4.78, 5) is 3.00. The second kappa shape index (κ2) is 9.82. The van der Waals surface area contributed by atoms with Crippen molar-refractivity contribution in [1.29, 1.82) is 0 Å². The van der Waals surface area contributed by atoms with Gasteiger partial charge in [0.05, 0.1) is 22.3 Å². The summed E-state index contributed by atoms with van der Waals surface area (Å²) < 4.78 is 24.3. The Morgan fingerprint density at radius 3 is 2.62 bits per heavy atom. The molecule has 0 radical (unpaired) electrons. The van der Waals surface area contributed by atoms with E-state index in [1.165, 1.54) is 59.9 Å². The van der Waals surface area contributed by atoms with Gasteiger partial charge in [-0.15, -0.1) is 5.53 Å². The van der Waals surface area contributed by atoms with Gasteiger partial charge >= 0.3 is 0 Å². The van der Waals surface area contributed by atoms with Crippen LogP contribution in [0.4, 0.5) is 5.69 Å². The minimum atomic E-state index is -3.27. The molecule has 0 aromatic heterocycles. The molecule has 7 nitrogen and oxygen atoms in total. The summed E-state index contributed by atoms with van der Waals surface area (Å²) in [6, 6.07) is 14.9. The van der Waals surface area contributed by atoms with Crippen LogP contribution >= 0.6 is 0 Å². The lowest BCUT2D eigenvalue weighted by Crippen LogP contribution is -2.37.